The number of nitrogens with zero attached hydrogens (tertiary/aromatic N) is 2. The van der Waals surface area contributed by atoms with Gasteiger partial charge in [0, 0.05) is 18.1 Å². The van der Waals surface area contributed by atoms with E-state index >= 15 is 0 Å². The maximum absolute atomic E-state index is 13.9. The third kappa shape index (κ3) is 7.14. The number of halogens is 1. The quantitative estimate of drug-likeness (QED) is 0.357. The summed E-state index contributed by atoms with van der Waals surface area (Å²) in [6.07, 6.45) is 0.370. The molecule has 0 aromatic heterocycles. The molecule has 0 saturated heterocycles. The van der Waals surface area contributed by atoms with Crippen LogP contribution in [0.15, 0.2) is 77.7 Å². The molecule has 3 rings (SSSR count). The van der Waals surface area contributed by atoms with E-state index in [1.54, 1.807) is 36.4 Å². The Morgan fingerprint density at radius 3 is 2.16 bits per heavy atom. The number of carbonyl (C=O) groups excluding carboxylic acids is 2. The molecule has 9 heteroatoms. The topological polar surface area (TPSA) is 86.8 Å². The number of carbonyl (C=O) groups is 2. The van der Waals surface area contributed by atoms with E-state index in [0.29, 0.717) is 23.7 Å². The fourth-order valence-electron chi connectivity index (χ4n) is 4.19. The summed E-state index contributed by atoms with van der Waals surface area (Å²) in [6, 6.07) is 19.6. The van der Waals surface area contributed by atoms with Crippen LogP contribution in [0.4, 0.5) is 5.69 Å². The Morgan fingerprint density at radius 1 is 0.921 bits per heavy atom. The molecule has 0 heterocycles. The third-order valence-corrected chi connectivity index (χ3v) is 8.21. The van der Waals surface area contributed by atoms with Gasteiger partial charge >= 0.3 is 0 Å². The maximum Gasteiger partial charge on any atom is 0.264 e. The molecule has 3 aromatic rings. The highest BCUT2D eigenvalue weighted by molar-refractivity contribution is 7.92. The van der Waals surface area contributed by atoms with Crippen molar-refractivity contribution in [2.45, 2.75) is 51.6 Å². The van der Waals surface area contributed by atoms with Gasteiger partial charge in [0.05, 0.1) is 10.6 Å². The minimum absolute atomic E-state index is 0.0619. The van der Waals surface area contributed by atoms with Crippen molar-refractivity contribution in [1.82, 2.24) is 10.2 Å². The highest BCUT2D eigenvalue weighted by Gasteiger charge is 2.33. The molecule has 0 aliphatic heterocycles. The molecule has 0 aliphatic carbocycles. The molecule has 3 aromatic carbocycles. The SMILES string of the molecule is CCNC(=O)[C@H](CC)N(Cc1cccc(C)c1)C(=O)CN(c1ccc(Cl)cc1)S(=O)(=O)c1ccc(C)cc1. The Morgan fingerprint density at radius 2 is 1.58 bits per heavy atom. The summed E-state index contributed by atoms with van der Waals surface area (Å²) < 4.78 is 28.7. The number of hydrogen-bond acceptors (Lipinski definition) is 4. The van der Waals surface area contributed by atoms with Gasteiger partial charge in [0.1, 0.15) is 12.6 Å². The van der Waals surface area contributed by atoms with Crippen LogP contribution in [0.1, 0.15) is 37.0 Å². The normalized spacial score (nSPS) is 12.0. The molecule has 0 fully saturated rings. The Labute approximate surface area is 230 Å². The number of anilines is 1. The second kappa shape index (κ2) is 12.9. The van der Waals surface area contributed by atoms with E-state index < -0.39 is 28.5 Å². The minimum Gasteiger partial charge on any atom is -0.355 e. The molecular weight excluding hydrogens is 522 g/mol. The van der Waals surface area contributed by atoms with Gasteiger partial charge in [0.15, 0.2) is 0 Å². The van der Waals surface area contributed by atoms with Crippen molar-refractivity contribution in [3.63, 3.8) is 0 Å². The number of nitrogens with one attached hydrogen (secondary N) is 1. The zero-order chi connectivity index (χ0) is 27.9. The first-order valence-corrected chi connectivity index (χ1v) is 14.4. The highest BCUT2D eigenvalue weighted by Crippen LogP contribution is 2.26. The van der Waals surface area contributed by atoms with Crippen LogP contribution in [0.5, 0.6) is 0 Å². The zero-order valence-electron chi connectivity index (χ0n) is 22.1. The largest absolute Gasteiger partial charge is 0.355 e. The van der Waals surface area contributed by atoms with Crippen LogP contribution in [0.25, 0.3) is 0 Å². The number of likely N-dealkylation sites (N-methyl/N-ethyl adjacent to an activating group) is 1. The molecule has 1 atom stereocenters. The van der Waals surface area contributed by atoms with Crippen LogP contribution in [0.3, 0.4) is 0 Å². The minimum atomic E-state index is -4.11. The number of sulfonamides is 1. The molecule has 1 N–H and O–H groups in total. The maximum atomic E-state index is 13.9. The van der Waals surface area contributed by atoms with Gasteiger partial charge in [-0.15, -0.1) is 0 Å². The lowest BCUT2D eigenvalue weighted by Crippen LogP contribution is -2.52. The predicted molar refractivity (Wildman–Crippen MR) is 152 cm³/mol. The Balaban J connectivity index is 2.05. The first-order chi connectivity index (χ1) is 18.1. The fourth-order valence-corrected chi connectivity index (χ4v) is 5.73. The summed E-state index contributed by atoms with van der Waals surface area (Å²) in [5, 5.41) is 3.24. The lowest BCUT2D eigenvalue weighted by molar-refractivity contribution is -0.140. The van der Waals surface area contributed by atoms with Crippen LogP contribution in [0, 0.1) is 13.8 Å². The van der Waals surface area contributed by atoms with Gasteiger partial charge in [-0.1, -0.05) is 66.0 Å². The standard InChI is InChI=1S/C29H34ClN3O4S/c1-5-27(29(35)31-6-2)32(19-23-9-7-8-22(4)18-23)28(34)20-33(25-14-12-24(30)13-15-25)38(36,37)26-16-10-21(3)11-17-26/h7-18,27H,5-6,19-20H2,1-4H3,(H,31,35)/t27-/m0/s1. The number of hydrogen-bond donors (Lipinski definition) is 1. The van der Waals surface area contributed by atoms with Crippen molar-refractivity contribution in [3.05, 3.63) is 94.5 Å². The molecule has 7 nitrogen and oxygen atoms in total. The molecule has 0 spiro atoms. The van der Waals surface area contributed by atoms with E-state index in [2.05, 4.69) is 5.32 Å². The van der Waals surface area contributed by atoms with Gasteiger partial charge in [-0.2, -0.15) is 0 Å². The highest BCUT2D eigenvalue weighted by atomic mass is 35.5. The number of benzene rings is 3. The van der Waals surface area contributed by atoms with Gasteiger partial charge < -0.3 is 10.2 Å². The van der Waals surface area contributed by atoms with E-state index in [9.17, 15) is 18.0 Å². The molecule has 0 bridgehead atoms. The van der Waals surface area contributed by atoms with Crippen LogP contribution >= 0.6 is 11.6 Å². The predicted octanol–water partition coefficient (Wildman–Crippen LogP) is 5.10. The van der Waals surface area contributed by atoms with Crippen LogP contribution < -0.4 is 9.62 Å². The lowest BCUT2D eigenvalue weighted by atomic mass is 10.1. The van der Waals surface area contributed by atoms with Gasteiger partial charge in [-0.25, -0.2) is 8.42 Å². The Kier molecular flexibility index (Phi) is 9.94. The van der Waals surface area contributed by atoms with Crippen molar-refractivity contribution in [1.29, 1.82) is 0 Å². The zero-order valence-corrected chi connectivity index (χ0v) is 23.7. The van der Waals surface area contributed by atoms with E-state index in [1.165, 1.54) is 17.0 Å². The molecule has 2 amide bonds. The number of amides is 2. The Bertz CT molecular complexity index is 1360. The summed E-state index contributed by atoms with van der Waals surface area (Å²) in [6.45, 7) is 7.55. The van der Waals surface area contributed by atoms with Gasteiger partial charge in [0.25, 0.3) is 10.0 Å². The summed E-state index contributed by atoms with van der Waals surface area (Å²) in [5.74, 6) is -0.773. The van der Waals surface area contributed by atoms with Crippen LogP contribution in [-0.2, 0) is 26.2 Å². The van der Waals surface area contributed by atoms with Crippen molar-refractivity contribution in [2.24, 2.45) is 0 Å². The van der Waals surface area contributed by atoms with Gasteiger partial charge in [0.2, 0.25) is 11.8 Å². The number of aryl methyl sites for hydroxylation is 2. The van der Waals surface area contributed by atoms with E-state index in [1.807, 2.05) is 52.0 Å². The van der Waals surface area contributed by atoms with Crippen molar-refractivity contribution >= 4 is 39.1 Å². The number of rotatable bonds is 11. The molecule has 0 saturated carbocycles. The van der Waals surface area contributed by atoms with Crippen molar-refractivity contribution < 1.29 is 18.0 Å². The lowest BCUT2D eigenvalue weighted by Gasteiger charge is -2.33. The average molecular weight is 556 g/mol. The van der Waals surface area contributed by atoms with E-state index in [0.717, 1.165) is 21.0 Å². The molecule has 0 aliphatic rings. The van der Waals surface area contributed by atoms with Crippen molar-refractivity contribution in [3.8, 4) is 0 Å². The summed E-state index contributed by atoms with van der Waals surface area (Å²) >= 11 is 6.06. The second-order valence-electron chi connectivity index (χ2n) is 9.13. The Hall–Kier alpha value is -3.36. The van der Waals surface area contributed by atoms with E-state index in [-0.39, 0.29) is 17.3 Å². The van der Waals surface area contributed by atoms with Crippen LogP contribution in [-0.4, -0.2) is 44.3 Å². The van der Waals surface area contributed by atoms with Crippen molar-refractivity contribution in [2.75, 3.05) is 17.4 Å². The second-order valence-corrected chi connectivity index (χ2v) is 11.4. The molecule has 38 heavy (non-hydrogen) atoms. The summed E-state index contributed by atoms with van der Waals surface area (Å²) in [7, 11) is -4.11. The first kappa shape index (κ1) is 29.2. The average Bonchev–Trinajstić information content (AvgIpc) is 2.88. The summed E-state index contributed by atoms with van der Waals surface area (Å²) in [4.78, 5) is 28.4. The van der Waals surface area contributed by atoms with Crippen LogP contribution in [0.2, 0.25) is 5.02 Å². The van der Waals surface area contributed by atoms with Gasteiger partial charge in [-0.05, 0) is 69.2 Å². The molecule has 0 radical (unpaired) electrons. The molecular formula is C29H34ClN3O4S. The summed E-state index contributed by atoms with van der Waals surface area (Å²) in [5.41, 5.74) is 3.08. The monoisotopic (exact) mass is 555 g/mol. The third-order valence-electron chi connectivity index (χ3n) is 6.17. The van der Waals surface area contributed by atoms with Gasteiger partial charge in [-0.3, -0.25) is 13.9 Å². The molecule has 202 valence electrons. The fraction of sp³-hybridized carbons (Fsp3) is 0.310. The smallest absolute Gasteiger partial charge is 0.264 e. The van der Waals surface area contributed by atoms with E-state index in [4.69, 9.17) is 11.6 Å². The molecule has 0 unspecified atom stereocenters. The first-order valence-electron chi connectivity index (χ1n) is 12.5.